The first-order chi connectivity index (χ1) is 12.3. The van der Waals surface area contributed by atoms with Gasteiger partial charge in [-0.25, -0.2) is 8.42 Å². The van der Waals surface area contributed by atoms with E-state index in [1.54, 1.807) is 31.2 Å². The largest absolute Gasteiger partial charge is 0.352 e. The van der Waals surface area contributed by atoms with Gasteiger partial charge in [-0.05, 0) is 43.7 Å². The van der Waals surface area contributed by atoms with Crippen molar-refractivity contribution in [3.63, 3.8) is 0 Å². The molecule has 2 aromatic carbocycles. The molecule has 0 spiro atoms. The molecule has 1 heterocycles. The fourth-order valence-corrected chi connectivity index (χ4v) is 4.02. The first-order valence-corrected chi connectivity index (χ1v) is 10.0. The molecule has 0 unspecified atom stereocenters. The highest BCUT2D eigenvalue weighted by atomic mass is 35.5. The van der Waals surface area contributed by atoms with E-state index in [4.69, 9.17) is 0 Å². The average Bonchev–Trinajstić information content (AvgIpc) is 2.55. The van der Waals surface area contributed by atoms with Crippen molar-refractivity contribution < 1.29 is 13.2 Å². The number of benzene rings is 2. The van der Waals surface area contributed by atoms with Crippen molar-refractivity contribution >= 4 is 34.0 Å². The summed E-state index contributed by atoms with van der Waals surface area (Å²) >= 11 is 0. The van der Waals surface area contributed by atoms with E-state index < -0.39 is 10.0 Å². The number of sulfonamides is 1. The third-order valence-electron chi connectivity index (χ3n) is 4.46. The van der Waals surface area contributed by atoms with E-state index in [2.05, 4.69) is 15.4 Å². The molecule has 0 saturated carbocycles. The van der Waals surface area contributed by atoms with Crippen molar-refractivity contribution in [1.29, 1.82) is 0 Å². The third kappa shape index (κ3) is 5.22. The van der Waals surface area contributed by atoms with Crippen LogP contribution in [0.25, 0.3) is 0 Å². The van der Waals surface area contributed by atoms with Crippen molar-refractivity contribution in [3.8, 4) is 0 Å². The summed E-state index contributed by atoms with van der Waals surface area (Å²) in [6.07, 6.45) is 0. The average molecular weight is 410 g/mol. The smallest absolute Gasteiger partial charge is 0.262 e. The molecular weight excluding hydrogens is 386 g/mol. The predicted octanol–water partition coefficient (Wildman–Crippen LogP) is 2.48. The highest BCUT2D eigenvalue weighted by Gasteiger charge is 2.21. The molecule has 2 aromatic rings. The molecule has 0 aromatic heterocycles. The lowest BCUT2D eigenvalue weighted by Crippen LogP contribution is -2.48. The van der Waals surface area contributed by atoms with E-state index in [0.717, 1.165) is 18.7 Å². The van der Waals surface area contributed by atoms with Gasteiger partial charge in [0.25, 0.3) is 15.9 Å². The number of carbonyl (C=O) groups is 1. The van der Waals surface area contributed by atoms with Gasteiger partial charge in [0, 0.05) is 36.8 Å². The Kier molecular flexibility index (Phi) is 6.86. The van der Waals surface area contributed by atoms with E-state index in [9.17, 15) is 13.2 Å². The van der Waals surface area contributed by atoms with Crippen LogP contribution >= 0.6 is 12.4 Å². The summed E-state index contributed by atoms with van der Waals surface area (Å²) in [7, 11) is -3.78. The number of hydrogen-bond donors (Lipinski definition) is 3. The van der Waals surface area contributed by atoms with Gasteiger partial charge in [0.2, 0.25) is 0 Å². The molecule has 146 valence electrons. The summed E-state index contributed by atoms with van der Waals surface area (Å²) in [5, 5.41) is 6.01. The van der Waals surface area contributed by atoms with E-state index >= 15 is 0 Å². The second-order valence-corrected chi connectivity index (χ2v) is 8.34. The van der Waals surface area contributed by atoms with E-state index in [-0.39, 0.29) is 23.2 Å². The standard InChI is InChI=1S/C19H23N3O3S.ClH/c1-13-3-7-17(8-4-13)22-26(24,25)18-9-16(6-5-14(18)2)19(23)21-12-15-10-20-11-15;/h3-9,15,20,22H,10-12H2,1-2H3,(H,21,23);1H. The lowest BCUT2D eigenvalue weighted by molar-refractivity contribution is 0.0942. The molecule has 0 radical (unpaired) electrons. The maximum Gasteiger partial charge on any atom is 0.262 e. The zero-order valence-corrected chi connectivity index (χ0v) is 16.9. The molecule has 1 fully saturated rings. The highest BCUT2D eigenvalue weighted by molar-refractivity contribution is 7.92. The molecule has 0 atom stereocenters. The molecule has 6 nitrogen and oxygen atoms in total. The lowest BCUT2D eigenvalue weighted by Gasteiger charge is -2.27. The van der Waals surface area contributed by atoms with Crippen LogP contribution in [0.2, 0.25) is 0 Å². The number of halogens is 1. The molecule has 1 saturated heterocycles. The Morgan fingerprint density at radius 1 is 1.11 bits per heavy atom. The minimum atomic E-state index is -3.78. The molecule has 1 aliphatic heterocycles. The normalized spacial score (nSPS) is 14.0. The summed E-state index contributed by atoms with van der Waals surface area (Å²) in [6, 6.07) is 11.8. The zero-order valence-electron chi connectivity index (χ0n) is 15.3. The predicted molar refractivity (Wildman–Crippen MR) is 109 cm³/mol. The van der Waals surface area contributed by atoms with E-state index in [1.165, 1.54) is 6.07 Å². The first kappa shape index (κ1) is 21.2. The van der Waals surface area contributed by atoms with Crippen LogP contribution < -0.4 is 15.4 Å². The summed E-state index contributed by atoms with van der Waals surface area (Å²) < 4.78 is 28.1. The van der Waals surface area contributed by atoms with Gasteiger partial charge in [-0.3, -0.25) is 9.52 Å². The van der Waals surface area contributed by atoms with E-state index in [1.807, 2.05) is 19.1 Å². The van der Waals surface area contributed by atoms with Gasteiger partial charge in [0.05, 0.1) is 4.90 Å². The molecule has 8 heteroatoms. The number of nitrogens with one attached hydrogen (secondary N) is 3. The fourth-order valence-electron chi connectivity index (χ4n) is 2.69. The third-order valence-corrected chi connectivity index (χ3v) is 5.98. The molecule has 0 aliphatic carbocycles. The van der Waals surface area contributed by atoms with Crippen LogP contribution in [0.15, 0.2) is 47.4 Å². The van der Waals surface area contributed by atoms with Crippen molar-refractivity contribution in [2.45, 2.75) is 18.7 Å². The van der Waals surface area contributed by atoms with E-state index in [0.29, 0.717) is 29.3 Å². The monoisotopic (exact) mass is 409 g/mol. The van der Waals surface area contributed by atoms with Crippen LogP contribution in [-0.4, -0.2) is 34.0 Å². The van der Waals surface area contributed by atoms with Crippen molar-refractivity contribution in [1.82, 2.24) is 10.6 Å². The fraction of sp³-hybridized carbons (Fsp3) is 0.316. The molecule has 1 amide bonds. The van der Waals surface area contributed by atoms with Gasteiger partial charge in [-0.15, -0.1) is 12.4 Å². The Labute approximate surface area is 166 Å². The number of hydrogen-bond acceptors (Lipinski definition) is 4. The minimum Gasteiger partial charge on any atom is -0.352 e. The number of rotatable bonds is 6. The summed E-state index contributed by atoms with van der Waals surface area (Å²) in [5.74, 6) is 0.180. The number of aryl methyl sites for hydroxylation is 2. The second kappa shape index (κ2) is 8.73. The van der Waals surface area contributed by atoms with Crippen molar-refractivity contribution in [2.24, 2.45) is 5.92 Å². The molecule has 0 bridgehead atoms. The van der Waals surface area contributed by atoms with Crippen LogP contribution in [0.3, 0.4) is 0 Å². The Bertz CT molecular complexity index is 910. The Hall–Kier alpha value is -2.09. The summed E-state index contributed by atoms with van der Waals surface area (Å²) in [5.41, 5.74) is 2.46. The number of amides is 1. The Morgan fingerprint density at radius 3 is 2.37 bits per heavy atom. The van der Waals surface area contributed by atoms with Gasteiger partial charge in [-0.2, -0.15) is 0 Å². The maximum absolute atomic E-state index is 12.8. The second-order valence-electron chi connectivity index (χ2n) is 6.69. The maximum atomic E-state index is 12.8. The minimum absolute atomic E-state index is 0. The topological polar surface area (TPSA) is 87.3 Å². The summed E-state index contributed by atoms with van der Waals surface area (Å²) in [6.45, 7) is 6.03. The van der Waals surface area contributed by atoms with Crippen molar-refractivity contribution in [2.75, 3.05) is 24.4 Å². The lowest BCUT2D eigenvalue weighted by atomic mass is 10.0. The van der Waals surface area contributed by atoms with Gasteiger partial charge in [-0.1, -0.05) is 23.8 Å². The number of anilines is 1. The Balaban J connectivity index is 0.00000261. The molecular formula is C19H24ClN3O3S. The van der Waals surface area contributed by atoms with Crippen LogP contribution in [0.5, 0.6) is 0 Å². The summed E-state index contributed by atoms with van der Waals surface area (Å²) in [4.78, 5) is 12.4. The van der Waals surface area contributed by atoms with Crippen molar-refractivity contribution in [3.05, 3.63) is 59.2 Å². The van der Waals surface area contributed by atoms with Crippen LogP contribution in [0, 0.1) is 19.8 Å². The molecule has 3 N–H and O–H groups in total. The highest BCUT2D eigenvalue weighted by Crippen LogP contribution is 2.21. The first-order valence-electron chi connectivity index (χ1n) is 8.54. The molecule has 1 aliphatic rings. The van der Waals surface area contributed by atoms with Gasteiger partial charge in [0.1, 0.15) is 0 Å². The molecule has 27 heavy (non-hydrogen) atoms. The zero-order chi connectivity index (χ0) is 18.7. The van der Waals surface area contributed by atoms with Crippen LogP contribution in [0.4, 0.5) is 5.69 Å². The SMILES string of the molecule is Cc1ccc(NS(=O)(=O)c2cc(C(=O)NCC3CNC3)ccc2C)cc1.Cl. The van der Waals surface area contributed by atoms with Crippen LogP contribution in [-0.2, 0) is 10.0 Å². The van der Waals surface area contributed by atoms with Gasteiger partial charge < -0.3 is 10.6 Å². The number of carbonyl (C=O) groups excluding carboxylic acids is 1. The van der Waals surface area contributed by atoms with Crippen LogP contribution in [0.1, 0.15) is 21.5 Å². The van der Waals surface area contributed by atoms with Gasteiger partial charge in [0.15, 0.2) is 0 Å². The quantitative estimate of drug-likeness (QED) is 0.684. The van der Waals surface area contributed by atoms with Gasteiger partial charge >= 0.3 is 0 Å². The molecule has 3 rings (SSSR count). The Morgan fingerprint density at radius 2 is 1.78 bits per heavy atom.